The van der Waals surface area contributed by atoms with Gasteiger partial charge in [-0.3, -0.25) is 0 Å². The first-order chi connectivity index (χ1) is 7.77. The molecule has 0 bridgehead atoms. The molecule has 0 radical (unpaired) electrons. The maximum absolute atomic E-state index is 6.07. The third-order valence-electron chi connectivity index (χ3n) is 3.19. The molecule has 0 heterocycles. The van der Waals surface area contributed by atoms with E-state index in [1.807, 2.05) is 12.1 Å². The molecule has 17 heavy (non-hydrogen) atoms. The molecule has 1 rings (SSSR count). The quantitative estimate of drug-likeness (QED) is 0.737. The highest BCUT2D eigenvalue weighted by Gasteiger charge is 2.33. The summed E-state index contributed by atoms with van der Waals surface area (Å²) >= 11 is 12.1. The first-order valence-corrected chi connectivity index (χ1v) is 6.54. The smallest absolute Gasteiger partial charge is 0.0693 e. The normalized spacial score (nSPS) is 14.1. The number of hydrogen-bond donors (Lipinski definition) is 0. The van der Waals surface area contributed by atoms with Gasteiger partial charge in [0, 0.05) is 23.1 Å². The summed E-state index contributed by atoms with van der Waals surface area (Å²) in [6.07, 6.45) is 0. The standard InChI is InChI=1S/C14H20Cl2O/c1-9(2)13(14(3,4)17-5)10-6-11(15)8-12(16)7-10/h6-9,13H,1-5H3/t13-/m1/s1. The molecule has 0 aliphatic heterocycles. The molecule has 0 aliphatic carbocycles. The monoisotopic (exact) mass is 274 g/mol. The van der Waals surface area contributed by atoms with Crippen molar-refractivity contribution in [1.82, 2.24) is 0 Å². The second-order valence-electron chi connectivity index (χ2n) is 5.23. The van der Waals surface area contributed by atoms with E-state index in [9.17, 15) is 0 Å². The molecule has 1 nitrogen and oxygen atoms in total. The fourth-order valence-corrected chi connectivity index (χ4v) is 3.01. The van der Waals surface area contributed by atoms with Crippen LogP contribution in [0.1, 0.15) is 39.2 Å². The lowest BCUT2D eigenvalue weighted by atomic mass is 9.77. The highest BCUT2D eigenvalue weighted by molar-refractivity contribution is 6.34. The summed E-state index contributed by atoms with van der Waals surface area (Å²) in [7, 11) is 1.74. The molecule has 0 fully saturated rings. The van der Waals surface area contributed by atoms with Crippen molar-refractivity contribution in [1.29, 1.82) is 0 Å². The Morgan fingerprint density at radius 1 is 1.06 bits per heavy atom. The highest BCUT2D eigenvalue weighted by atomic mass is 35.5. The van der Waals surface area contributed by atoms with Crippen LogP contribution >= 0.6 is 23.2 Å². The predicted octanol–water partition coefficient (Wildman–Crippen LogP) is 5.16. The van der Waals surface area contributed by atoms with Crippen LogP contribution in [0.4, 0.5) is 0 Å². The third kappa shape index (κ3) is 3.61. The SMILES string of the molecule is COC(C)(C)[C@@H](c1cc(Cl)cc(Cl)c1)C(C)C. The Labute approximate surface area is 114 Å². The minimum absolute atomic E-state index is 0.248. The minimum Gasteiger partial charge on any atom is -0.378 e. The van der Waals surface area contributed by atoms with Crippen molar-refractivity contribution in [3.63, 3.8) is 0 Å². The molecule has 0 amide bonds. The van der Waals surface area contributed by atoms with E-state index in [-0.39, 0.29) is 11.5 Å². The van der Waals surface area contributed by atoms with Crippen molar-refractivity contribution in [2.24, 2.45) is 5.92 Å². The fourth-order valence-electron chi connectivity index (χ4n) is 2.47. The Hall–Kier alpha value is -0.240. The fraction of sp³-hybridized carbons (Fsp3) is 0.571. The van der Waals surface area contributed by atoms with Crippen LogP contribution in [0, 0.1) is 5.92 Å². The second-order valence-corrected chi connectivity index (χ2v) is 6.10. The van der Waals surface area contributed by atoms with Gasteiger partial charge in [-0.25, -0.2) is 0 Å². The molecule has 0 unspecified atom stereocenters. The Bertz CT molecular complexity index is 366. The zero-order valence-electron chi connectivity index (χ0n) is 11.1. The molecule has 1 atom stereocenters. The molecule has 96 valence electrons. The molecular formula is C14H20Cl2O. The summed E-state index contributed by atoms with van der Waals surface area (Å²) in [5.74, 6) is 0.697. The van der Waals surface area contributed by atoms with E-state index in [0.29, 0.717) is 16.0 Å². The number of rotatable bonds is 4. The van der Waals surface area contributed by atoms with Crippen molar-refractivity contribution >= 4 is 23.2 Å². The van der Waals surface area contributed by atoms with Crippen LogP contribution in [0.25, 0.3) is 0 Å². The molecule has 0 N–H and O–H groups in total. The average molecular weight is 275 g/mol. The molecule has 3 heteroatoms. The zero-order chi connectivity index (χ0) is 13.2. The number of methoxy groups -OCH3 is 1. The lowest BCUT2D eigenvalue weighted by Crippen LogP contribution is -2.34. The van der Waals surface area contributed by atoms with Gasteiger partial charge in [-0.2, -0.15) is 0 Å². The number of benzene rings is 1. The van der Waals surface area contributed by atoms with Gasteiger partial charge in [-0.15, -0.1) is 0 Å². The Morgan fingerprint density at radius 3 is 1.88 bits per heavy atom. The molecule has 0 saturated heterocycles. The second kappa shape index (κ2) is 5.60. The van der Waals surface area contributed by atoms with Crippen LogP contribution in [-0.4, -0.2) is 12.7 Å². The van der Waals surface area contributed by atoms with E-state index in [2.05, 4.69) is 27.7 Å². The molecule has 0 saturated carbocycles. The van der Waals surface area contributed by atoms with Gasteiger partial charge in [0.1, 0.15) is 0 Å². The number of ether oxygens (including phenoxy) is 1. The summed E-state index contributed by atoms with van der Waals surface area (Å²) in [6.45, 7) is 8.54. The summed E-state index contributed by atoms with van der Waals surface area (Å²) in [4.78, 5) is 0. The Kier molecular flexibility index (Phi) is 4.88. The molecular weight excluding hydrogens is 255 g/mol. The summed E-state index contributed by atoms with van der Waals surface area (Å²) in [5, 5.41) is 1.34. The minimum atomic E-state index is -0.248. The van der Waals surface area contributed by atoms with Crippen LogP contribution in [0.2, 0.25) is 10.0 Å². The zero-order valence-corrected chi connectivity index (χ0v) is 12.6. The highest BCUT2D eigenvalue weighted by Crippen LogP contribution is 2.38. The number of halogens is 2. The largest absolute Gasteiger partial charge is 0.378 e. The van der Waals surface area contributed by atoms with E-state index < -0.39 is 0 Å². The first kappa shape index (κ1) is 14.8. The van der Waals surface area contributed by atoms with Gasteiger partial charge in [-0.1, -0.05) is 37.0 Å². The third-order valence-corrected chi connectivity index (χ3v) is 3.62. The Balaban J connectivity index is 3.23. The van der Waals surface area contributed by atoms with Crippen LogP contribution in [0.5, 0.6) is 0 Å². The van der Waals surface area contributed by atoms with Crippen molar-refractivity contribution in [3.05, 3.63) is 33.8 Å². The van der Waals surface area contributed by atoms with Gasteiger partial charge in [0.2, 0.25) is 0 Å². The first-order valence-electron chi connectivity index (χ1n) is 5.79. The van der Waals surface area contributed by atoms with E-state index in [1.165, 1.54) is 0 Å². The predicted molar refractivity (Wildman–Crippen MR) is 75.1 cm³/mol. The Morgan fingerprint density at radius 2 is 1.53 bits per heavy atom. The van der Waals surface area contributed by atoms with E-state index in [0.717, 1.165) is 5.56 Å². The van der Waals surface area contributed by atoms with Crippen LogP contribution in [0.15, 0.2) is 18.2 Å². The topological polar surface area (TPSA) is 9.23 Å². The van der Waals surface area contributed by atoms with Crippen molar-refractivity contribution in [2.75, 3.05) is 7.11 Å². The summed E-state index contributed by atoms with van der Waals surface area (Å²) in [5.41, 5.74) is 0.881. The van der Waals surface area contributed by atoms with Gasteiger partial charge >= 0.3 is 0 Å². The van der Waals surface area contributed by atoms with Gasteiger partial charge in [0.25, 0.3) is 0 Å². The van der Waals surface area contributed by atoms with Gasteiger partial charge in [-0.05, 0) is 43.5 Å². The van der Waals surface area contributed by atoms with Crippen molar-refractivity contribution in [2.45, 2.75) is 39.2 Å². The molecule has 0 aromatic heterocycles. The lowest BCUT2D eigenvalue weighted by molar-refractivity contribution is -0.0140. The van der Waals surface area contributed by atoms with Crippen LogP contribution < -0.4 is 0 Å². The van der Waals surface area contributed by atoms with E-state index >= 15 is 0 Å². The molecule has 1 aromatic carbocycles. The molecule has 1 aromatic rings. The van der Waals surface area contributed by atoms with E-state index in [1.54, 1.807) is 13.2 Å². The van der Waals surface area contributed by atoms with Gasteiger partial charge < -0.3 is 4.74 Å². The van der Waals surface area contributed by atoms with Crippen LogP contribution in [-0.2, 0) is 4.74 Å². The van der Waals surface area contributed by atoms with Crippen molar-refractivity contribution < 1.29 is 4.74 Å². The van der Waals surface area contributed by atoms with Gasteiger partial charge in [0.05, 0.1) is 5.60 Å². The lowest BCUT2D eigenvalue weighted by Gasteiger charge is -2.36. The maximum atomic E-state index is 6.07. The van der Waals surface area contributed by atoms with E-state index in [4.69, 9.17) is 27.9 Å². The van der Waals surface area contributed by atoms with Crippen LogP contribution in [0.3, 0.4) is 0 Å². The molecule has 0 spiro atoms. The number of hydrogen-bond acceptors (Lipinski definition) is 1. The van der Waals surface area contributed by atoms with Crippen molar-refractivity contribution in [3.8, 4) is 0 Å². The van der Waals surface area contributed by atoms with Gasteiger partial charge in [0.15, 0.2) is 0 Å². The average Bonchev–Trinajstić information content (AvgIpc) is 2.14. The molecule has 0 aliphatic rings. The summed E-state index contributed by atoms with van der Waals surface area (Å²) < 4.78 is 5.61. The maximum Gasteiger partial charge on any atom is 0.0693 e. The summed E-state index contributed by atoms with van der Waals surface area (Å²) in [6, 6.07) is 5.70.